The summed E-state index contributed by atoms with van der Waals surface area (Å²) in [6.07, 6.45) is 3.77. The monoisotopic (exact) mass is 584 g/mol. The van der Waals surface area contributed by atoms with E-state index < -0.39 is 33.8 Å². The van der Waals surface area contributed by atoms with Crippen molar-refractivity contribution in [2.45, 2.75) is 38.8 Å². The summed E-state index contributed by atoms with van der Waals surface area (Å²) < 4.78 is 0.865. The van der Waals surface area contributed by atoms with Crippen LogP contribution in [0.15, 0.2) is 77.3 Å². The summed E-state index contributed by atoms with van der Waals surface area (Å²) in [5.41, 5.74) is 0.321. The molecule has 0 bridgehead atoms. The van der Waals surface area contributed by atoms with Gasteiger partial charge in [-0.2, -0.15) is 0 Å². The number of halogens is 1. The molecule has 39 heavy (non-hydrogen) atoms. The van der Waals surface area contributed by atoms with Crippen LogP contribution >= 0.6 is 15.9 Å². The fraction of sp³-hybridized carbons (Fsp3) is 0.258. The number of benzene rings is 3. The highest BCUT2D eigenvalue weighted by atomic mass is 79.9. The van der Waals surface area contributed by atoms with E-state index in [-0.39, 0.29) is 23.0 Å². The van der Waals surface area contributed by atoms with Gasteiger partial charge in [0.25, 0.3) is 5.69 Å². The van der Waals surface area contributed by atoms with Gasteiger partial charge in [-0.3, -0.25) is 24.5 Å². The molecule has 0 N–H and O–H groups in total. The lowest BCUT2D eigenvalue weighted by atomic mass is 9.63. The molecule has 2 heterocycles. The van der Waals surface area contributed by atoms with E-state index in [1.807, 2.05) is 56.0 Å². The summed E-state index contributed by atoms with van der Waals surface area (Å²) >= 11 is 3.52. The van der Waals surface area contributed by atoms with E-state index in [0.29, 0.717) is 16.7 Å². The average Bonchev–Trinajstić information content (AvgIpc) is 3.33. The number of fused-ring (bicyclic) bond motifs is 5. The van der Waals surface area contributed by atoms with Crippen LogP contribution in [0, 0.1) is 20.9 Å². The molecule has 3 aromatic rings. The van der Waals surface area contributed by atoms with E-state index in [0.717, 1.165) is 15.7 Å². The molecule has 0 aromatic heterocycles. The van der Waals surface area contributed by atoms with Crippen LogP contribution in [0.4, 0.5) is 11.4 Å². The van der Waals surface area contributed by atoms with Crippen LogP contribution in [-0.2, 0) is 4.79 Å². The highest BCUT2D eigenvalue weighted by Gasteiger charge is 2.71. The molecule has 3 aliphatic rings. The average molecular weight is 585 g/mol. The van der Waals surface area contributed by atoms with Crippen molar-refractivity contribution in [3.63, 3.8) is 0 Å². The number of Topliss-reactive ketones (excluding diaryl/α,β-unsaturated/α-hetero) is 3. The van der Waals surface area contributed by atoms with Crippen molar-refractivity contribution in [2.75, 3.05) is 4.90 Å². The van der Waals surface area contributed by atoms with E-state index in [1.54, 1.807) is 36.4 Å². The minimum absolute atomic E-state index is 0.107. The van der Waals surface area contributed by atoms with Crippen molar-refractivity contribution >= 4 is 50.7 Å². The fourth-order valence-corrected chi connectivity index (χ4v) is 6.95. The smallest absolute Gasteiger partial charge is 0.269 e. The van der Waals surface area contributed by atoms with E-state index in [9.17, 15) is 24.5 Å². The quantitative estimate of drug-likeness (QED) is 0.200. The molecular weight excluding hydrogens is 560 g/mol. The lowest BCUT2D eigenvalue weighted by molar-refractivity contribution is -0.384. The van der Waals surface area contributed by atoms with Crippen LogP contribution in [-0.4, -0.2) is 34.4 Å². The zero-order valence-corrected chi connectivity index (χ0v) is 23.1. The van der Waals surface area contributed by atoms with Gasteiger partial charge in [0.05, 0.1) is 17.0 Å². The topological polar surface area (TPSA) is 97.6 Å². The minimum atomic E-state index is -1.62. The third-order valence-corrected chi connectivity index (χ3v) is 8.73. The Morgan fingerprint density at radius 2 is 1.59 bits per heavy atom. The highest BCUT2D eigenvalue weighted by molar-refractivity contribution is 9.10. The largest absolute Gasteiger partial charge is 0.352 e. The number of hydrogen-bond donors (Lipinski definition) is 0. The second kappa shape index (κ2) is 8.55. The fourth-order valence-electron chi connectivity index (χ4n) is 6.57. The maximum atomic E-state index is 14.5. The highest BCUT2D eigenvalue weighted by Crippen LogP contribution is 2.61. The Morgan fingerprint density at radius 3 is 2.15 bits per heavy atom. The minimum Gasteiger partial charge on any atom is -0.352 e. The van der Waals surface area contributed by atoms with Gasteiger partial charge in [0.2, 0.25) is 0 Å². The summed E-state index contributed by atoms with van der Waals surface area (Å²) in [7, 11) is 0. The summed E-state index contributed by atoms with van der Waals surface area (Å²) in [5, 5.41) is 11.4. The number of ketones is 3. The molecule has 6 rings (SSSR count). The summed E-state index contributed by atoms with van der Waals surface area (Å²) in [6, 6.07) is 16.8. The lowest BCUT2D eigenvalue weighted by Gasteiger charge is -2.38. The number of carbonyl (C=O) groups excluding carboxylic acids is 3. The normalized spacial score (nSPS) is 22.6. The van der Waals surface area contributed by atoms with Crippen LogP contribution in [0.1, 0.15) is 58.5 Å². The van der Waals surface area contributed by atoms with Crippen LogP contribution < -0.4 is 4.90 Å². The standard InChI is InChI=1S/C31H25BrN2O5/c1-30(2,3)29(37)26-25(17-8-12-20(13-9-17)34(38)39)31(27(35)21-6-4-5-7-22(21)28(31)36)24-15-10-18-16-19(32)11-14-23(18)33(24)26/h4-16,24-26H,1-3H3/t24?,25-,26+/m0/s1. The second-order valence-electron chi connectivity index (χ2n) is 11.4. The van der Waals surface area contributed by atoms with Crippen molar-refractivity contribution in [2.24, 2.45) is 10.8 Å². The van der Waals surface area contributed by atoms with E-state index in [1.165, 1.54) is 12.1 Å². The summed E-state index contributed by atoms with van der Waals surface area (Å²) in [5.74, 6) is -1.64. The second-order valence-corrected chi connectivity index (χ2v) is 12.3. The van der Waals surface area contributed by atoms with Crippen molar-refractivity contribution in [3.8, 4) is 0 Å². The Hall–Kier alpha value is -3.91. The first-order valence-electron chi connectivity index (χ1n) is 12.7. The third kappa shape index (κ3) is 3.44. The van der Waals surface area contributed by atoms with Gasteiger partial charge in [-0.05, 0) is 29.3 Å². The third-order valence-electron chi connectivity index (χ3n) is 8.24. The molecule has 1 saturated heterocycles. The molecule has 8 heteroatoms. The number of rotatable bonds is 3. The molecule has 196 valence electrons. The molecule has 7 nitrogen and oxygen atoms in total. The Morgan fingerprint density at radius 1 is 0.974 bits per heavy atom. The van der Waals surface area contributed by atoms with E-state index in [2.05, 4.69) is 15.9 Å². The molecule has 1 spiro atoms. The van der Waals surface area contributed by atoms with Crippen molar-refractivity contribution < 1.29 is 19.3 Å². The first kappa shape index (κ1) is 25.4. The number of nitro groups is 1. The van der Waals surface area contributed by atoms with Gasteiger partial charge in [-0.1, -0.05) is 85.3 Å². The number of carbonyl (C=O) groups is 3. The number of nitrogens with zero attached hydrogens (tertiary/aromatic N) is 2. The molecule has 0 radical (unpaired) electrons. The summed E-state index contributed by atoms with van der Waals surface area (Å²) in [4.78, 5) is 56.3. The van der Waals surface area contributed by atoms with E-state index >= 15 is 0 Å². The van der Waals surface area contributed by atoms with E-state index in [4.69, 9.17) is 0 Å². The number of nitro benzene ring substituents is 1. The maximum Gasteiger partial charge on any atom is 0.269 e. The molecule has 0 amide bonds. The van der Waals surface area contributed by atoms with Crippen LogP contribution in [0.5, 0.6) is 0 Å². The SMILES string of the molecule is CC(C)(C)C(=O)[C@H]1[C@H](c2ccc([N+](=O)[O-])cc2)C2(C(=O)c3ccccc3C2=O)C2C=Cc3cc(Br)ccc3N21. The summed E-state index contributed by atoms with van der Waals surface area (Å²) in [6.45, 7) is 5.49. The predicted molar refractivity (Wildman–Crippen MR) is 151 cm³/mol. The van der Waals surface area contributed by atoms with Gasteiger partial charge in [0.15, 0.2) is 17.3 Å². The lowest BCUT2D eigenvalue weighted by Crippen LogP contribution is -2.49. The molecule has 1 aliphatic carbocycles. The Labute approximate surface area is 233 Å². The van der Waals surface area contributed by atoms with Crippen LogP contribution in [0.2, 0.25) is 0 Å². The van der Waals surface area contributed by atoms with Crippen molar-refractivity contribution in [1.29, 1.82) is 0 Å². The van der Waals surface area contributed by atoms with Gasteiger partial charge in [-0.25, -0.2) is 0 Å². The Balaban J connectivity index is 1.68. The van der Waals surface area contributed by atoms with Gasteiger partial charge < -0.3 is 4.90 Å². The van der Waals surface area contributed by atoms with Crippen LogP contribution in [0.25, 0.3) is 6.08 Å². The van der Waals surface area contributed by atoms with Gasteiger partial charge in [0.1, 0.15) is 5.41 Å². The zero-order chi connectivity index (χ0) is 27.9. The molecule has 1 fully saturated rings. The maximum absolute atomic E-state index is 14.5. The number of hydrogen-bond acceptors (Lipinski definition) is 6. The van der Waals surface area contributed by atoms with Gasteiger partial charge in [0, 0.05) is 44.8 Å². The predicted octanol–water partition coefficient (Wildman–Crippen LogP) is 6.41. The van der Waals surface area contributed by atoms with Crippen LogP contribution in [0.3, 0.4) is 0 Å². The number of non-ortho nitro benzene ring substituents is 1. The number of anilines is 1. The van der Waals surface area contributed by atoms with Crippen molar-refractivity contribution in [1.82, 2.24) is 0 Å². The zero-order valence-electron chi connectivity index (χ0n) is 21.6. The Bertz CT molecular complexity index is 1580. The van der Waals surface area contributed by atoms with Crippen molar-refractivity contribution in [3.05, 3.63) is 110 Å². The first-order chi connectivity index (χ1) is 18.5. The molecule has 3 aromatic carbocycles. The van der Waals surface area contributed by atoms with Gasteiger partial charge >= 0.3 is 0 Å². The molecule has 1 unspecified atom stereocenters. The molecular formula is C31H25BrN2O5. The molecule has 2 aliphatic heterocycles. The molecule has 3 atom stereocenters. The molecule has 0 saturated carbocycles. The van der Waals surface area contributed by atoms with Gasteiger partial charge in [-0.15, -0.1) is 0 Å². The first-order valence-corrected chi connectivity index (χ1v) is 13.5. The Kier molecular flexibility index (Phi) is 5.56.